The van der Waals surface area contributed by atoms with Gasteiger partial charge in [-0.3, -0.25) is 0 Å². The summed E-state index contributed by atoms with van der Waals surface area (Å²) in [6, 6.07) is 3.13. The number of hydrogen-bond acceptors (Lipinski definition) is 2. The Kier molecular flexibility index (Phi) is 2.17. The Morgan fingerprint density at radius 3 is 2.95 bits per heavy atom. The summed E-state index contributed by atoms with van der Waals surface area (Å²) in [5.41, 5.74) is 8.18. The van der Waals surface area contributed by atoms with Gasteiger partial charge in [0.1, 0.15) is 11.6 Å². The summed E-state index contributed by atoms with van der Waals surface area (Å²) in [5.74, 6) is 1.13. The fourth-order valence-corrected chi connectivity index (χ4v) is 4.86. The molecule has 0 saturated heterocycles. The lowest BCUT2D eigenvalue weighted by Crippen LogP contribution is -2.48. The number of benzene rings is 1. The maximum Gasteiger partial charge on any atom is 0.130 e. The van der Waals surface area contributed by atoms with Crippen molar-refractivity contribution in [1.82, 2.24) is 0 Å². The van der Waals surface area contributed by atoms with Gasteiger partial charge in [0.25, 0.3) is 0 Å². The first-order chi connectivity index (χ1) is 9.04. The Balaban J connectivity index is 1.99. The summed E-state index contributed by atoms with van der Waals surface area (Å²) in [4.78, 5) is 0. The Hall–Kier alpha value is -1.09. The lowest BCUT2D eigenvalue weighted by atomic mass is 9.65. The second-order valence-corrected chi connectivity index (χ2v) is 6.84. The van der Waals surface area contributed by atoms with E-state index in [1.165, 1.54) is 18.9 Å². The average molecular weight is 261 g/mol. The number of rotatable bonds is 0. The van der Waals surface area contributed by atoms with Crippen LogP contribution in [0.4, 0.5) is 4.39 Å². The van der Waals surface area contributed by atoms with E-state index in [1.54, 1.807) is 6.07 Å². The SMILES string of the molecule is CC12CCCCC3C(c4c(F)cc(O)cc41)C3C2N. The lowest BCUT2D eigenvalue weighted by Gasteiger charge is -2.42. The Morgan fingerprint density at radius 1 is 1.37 bits per heavy atom. The standard InChI is InChI=1S/C16H20FNO/c1-16-5-3-2-4-9-12(13(9)15(16)18)14-10(16)6-8(19)7-11(14)17/h6-7,9,12-13,15,19H,2-5,18H2,1H3. The van der Waals surface area contributed by atoms with Gasteiger partial charge >= 0.3 is 0 Å². The molecule has 5 atom stereocenters. The van der Waals surface area contributed by atoms with Crippen LogP contribution < -0.4 is 5.73 Å². The van der Waals surface area contributed by atoms with Crippen molar-refractivity contribution < 1.29 is 9.50 Å². The van der Waals surface area contributed by atoms with E-state index >= 15 is 0 Å². The number of fused-ring (bicyclic) bond motifs is 5. The maximum absolute atomic E-state index is 14.3. The number of aromatic hydroxyl groups is 1. The van der Waals surface area contributed by atoms with Gasteiger partial charge < -0.3 is 10.8 Å². The first kappa shape index (κ1) is 11.7. The Morgan fingerprint density at radius 2 is 2.16 bits per heavy atom. The van der Waals surface area contributed by atoms with Crippen molar-refractivity contribution in [3.8, 4) is 5.75 Å². The van der Waals surface area contributed by atoms with Gasteiger partial charge in [-0.25, -0.2) is 4.39 Å². The molecule has 1 aromatic carbocycles. The monoisotopic (exact) mass is 261 g/mol. The zero-order valence-corrected chi connectivity index (χ0v) is 11.2. The highest BCUT2D eigenvalue weighted by Crippen LogP contribution is 2.67. The van der Waals surface area contributed by atoms with E-state index < -0.39 is 0 Å². The van der Waals surface area contributed by atoms with Crippen molar-refractivity contribution in [1.29, 1.82) is 0 Å². The third-order valence-corrected chi connectivity index (χ3v) is 5.93. The number of halogens is 1. The number of nitrogens with two attached hydrogens (primary N) is 1. The molecule has 0 aliphatic heterocycles. The van der Waals surface area contributed by atoms with Gasteiger partial charge in [0, 0.05) is 17.5 Å². The molecular weight excluding hydrogens is 241 g/mol. The maximum atomic E-state index is 14.3. The van der Waals surface area contributed by atoms with Crippen molar-refractivity contribution in [3.05, 3.63) is 29.1 Å². The number of hydrogen-bond donors (Lipinski definition) is 2. The Bertz CT molecular complexity index is 558. The van der Waals surface area contributed by atoms with Crippen molar-refractivity contribution in [2.24, 2.45) is 17.6 Å². The van der Waals surface area contributed by atoms with Crippen LogP contribution in [0.25, 0.3) is 0 Å². The minimum Gasteiger partial charge on any atom is -0.508 e. The van der Waals surface area contributed by atoms with Crippen LogP contribution in [-0.4, -0.2) is 11.1 Å². The highest BCUT2D eigenvalue weighted by atomic mass is 19.1. The summed E-state index contributed by atoms with van der Waals surface area (Å²) in [6.45, 7) is 2.16. The number of phenols is 1. The van der Waals surface area contributed by atoms with E-state index in [1.807, 2.05) is 0 Å². The van der Waals surface area contributed by atoms with Crippen LogP contribution in [0.3, 0.4) is 0 Å². The topological polar surface area (TPSA) is 46.2 Å². The van der Waals surface area contributed by atoms with Crippen molar-refractivity contribution in [2.75, 3.05) is 0 Å². The molecule has 19 heavy (non-hydrogen) atoms. The molecule has 2 fully saturated rings. The quantitative estimate of drug-likeness (QED) is 0.754. The Labute approximate surface area is 112 Å². The second-order valence-electron chi connectivity index (χ2n) is 6.84. The van der Waals surface area contributed by atoms with Crippen molar-refractivity contribution in [3.63, 3.8) is 0 Å². The molecule has 3 aliphatic carbocycles. The van der Waals surface area contributed by atoms with Gasteiger partial charge in [-0.05, 0) is 47.8 Å². The predicted octanol–water partition coefficient (Wildman–Crippen LogP) is 3.03. The van der Waals surface area contributed by atoms with Gasteiger partial charge in [0.15, 0.2) is 0 Å². The minimum atomic E-state index is -0.229. The zero-order valence-electron chi connectivity index (χ0n) is 11.2. The highest BCUT2D eigenvalue weighted by Gasteiger charge is 2.63. The normalized spacial score (nSPS) is 43.1. The average Bonchev–Trinajstić information content (AvgIpc) is 3.03. The van der Waals surface area contributed by atoms with E-state index in [-0.39, 0.29) is 23.0 Å². The molecule has 1 aromatic rings. The van der Waals surface area contributed by atoms with Crippen molar-refractivity contribution >= 4 is 0 Å². The van der Waals surface area contributed by atoms with E-state index in [4.69, 9.17) is 5.73 Å². The molecule has 2 bridgehead atoms. The fourth-order valence-electron chi connectivity index (χ4n) is 4.86. The van der Waals surface area contributed by atoms with Crippen LogP contribution in [0.15, 0.2) is 12.1 Å². The molecule has 3 N–H and O–H groups in total. The second kappa shape index (κ2) is 3.51. The number of phenolic OH excluding ortho intramolecular Hbond substituents is 1. The molecule has 3 aliphatic rings. The van der Waals surface area contributed by atoms with E-state index in [9.17, 15) is 9.50 Å². The molecule has 5 unspecified atom stereocenters. The third-order valence-electron chi connectivity index (χ3n) is 5.93. The smallest absolute Gasteiger partial charge is 0.130 e. The van der Waals surface area contributed by atoms with Crippen LogP contribution >= 0.6 is 0 Å². The first-order valence-corrected chi connectivity index (χ1v) is 7.32. The zero-order chi connectivity index (χ0) is 13.4. The molecule has 0 aromatic heterocycles. The van der Waals surface area contributed by atoms with Gasteiger partial charge in [-0.2, -0.15) is 0 Å². The van der Waals surface area contributed by atoms with Crippen molar-refractivity contribution in [2.45, 2.75) is 50.0 Å². The summed E-state index contributed by atoms with van der Waals surface area (Å²) < 4.78 is 14.3. The van der Waals surface area contributed by atoms with E-state index in [0.29, 0.717) is 17.8 Å². The van der Waals surface area contributed by atoms with Crippen LogP contribution in [0.1, 0.15) is 49.7 Å². The first-order valence-electron chi connectivity index (χ1n) is 7.32. The third kappa shape index (κ3) is 1.34. The summed E-state index contributed by atoms with van der Waals surface area (Å²) in [6.07, 6.45) is 4.55. The van der Waals surface area contributed by atoms with Gasteiger partial charge in [0.05, 0.1) is 0 Å². The van der Waals surface area contributed by atoms with Gasteiger partial charge in [0.2, 0.25) is 0 Å². The summed E-state index contributed by atoms with van der Waals surface area (Å²) >= 11 is 0. The molecule has 0 spiro atoms. The van der Waals surface area contributed by atoms with Gasteiger partial charge in [-0.1, -0.05) is 19.8 Å². The summed E-state index contributed by atoms with van der Waals surface area (Å²) in [7, 11) is 0. The van der Waals surface area contributed by atoms with Gasteiger partial charge in [-0.15, -0.1) is 0 Å². The minimum absolute atomic E-state index is 0.0320. The molecule has 2 saturated carbocycles. The van der Waals surface area contributed by atoms with E-state index in [2.05, 4.69) is 6.92 Å². The molecule has 2 nitrogen and oxygen atoms in total. The molecular formula is C16H20FNO. The molecule has 0 heterocycles. The molecule has 102 valence electrons. The fraction of sp³-hybridized carbons (Fsp3) is 0.625. The predicted molar refractivity (Wildman–Crippen MR) is 71.6 cm³/mol. The largest absolute Gasteiger partial charge is 0.508 e. The van der Waals surface area contributed by atoms with Crippen LogP contribution in [0.2, 0.25) is 0 Å². The van der Waals surface area contributed by atoms with E-state index in [0.717, 1.165) is 24.0 Å². The molecule has 0 amide bonds. The van der Waals surface area contributed by atoms with Crippen LogP contribution in [0.5, 0.6) is 5.75 Å². The lowest BCUT2D eigenvalue weighted by molar-refractivity contribution is 0.268. The molecule has 0 radical (unpaired) electrons. The van der Waals surface area contributed by atoms with Crippen LogP contribution in [0, 0.1) is 17.7 Å². The highest BCUT2D eigenvalue weighted by molar-refractivity contribution is 5.51. The summed E-state index contributed by atoms with van der Waals surface area (Å²) in [5, 5.41) is 9.76. The van der Waals surface area contributed by atoms with Crippen LogP contribution in [-0.2, 0) is 5.41 Å². The molecule has 4 rings (SSSR count). The molecule has 3 heteroatoms.